The van der Waals surface area contributed by atoms with E-state index in [2.05, 4.69) is 230 Å². The van der Waals surface area contributed by atoms with E-state index in [1.165, 1.54) is 36.5 Å². The topological polar surface area (TPSA) is 240 Å². The Labute approximate surface area is 814 Å². The normalized spacial score (nSPS) is 12.1. The second-order valence-electron chi connectivity index (χ2n) is 46.7. The second-order valence-corrected chi connectivity index (χ2v) is 46.7. The van der Waals surface area contributed by atoms with Crippen LogP contribution in [0.2, 0.25) is 0 Å². The number of ketones is 5. The summed E-state index contributed by atoms with van der Waals surface area (Å²) in [5.41, 5.74) is 2.08. The Kier molecular flexibility index (Phi) is 83.3. The van der Waals surface area contributed by atoms with Crippen LogP contribution in [0.5, 0.6) is 0 Å². The fraction of sp³-hybridized carbons (Fsp3) is 0.688. The molecule has 0 aromatic rings. The zero-order chi connectivity index (χ0) is 108. The van der Waals surface area contributed by atoms with Gasteiger partial charge < -0.3 is 34.8 Å². The lowest BCUT2D eigenvalue weighted by Crippen LogP contribution is -2.36. The van der Waals surface area contributed by atoms with E-state index in [9.17, 15) is 65.9 Å². The first kappa shape index (κ1) is 148. The van der Waals surface area contributed by atoms with Crippen LogP contribution in [0.3, 0.4) is 0 Å². The summed E-state index contributed by atoms with van der Waals surface area (Å²) in [5, 5.41) is 4.95. The molecule has 774 valence electrons. The Morgan fingerprint density at radius 3 is 1.02 bits per heavy atom. The van der Waals surface area contributed by atoms with E-state index in [0.29, 0.717) is 63.3 Å². The molecule has 0 radical (unpaired) electrons. The molecule has 2 atom stereocenters. The number of rotatable bonds is 34. The molecule has 21 heteroatoms. The van der Waals surface area contributed by atoms with Crippen LogP contribution < -0.4 is 10.6 Å². The molecular weight excluding hydrogens is 1680 g/mol. The summed E-state index contributed by atoms with van der Waals surface area (Å²) >= 11 is 0. The van der Waals surface area contributed by atoms with E-state index in [-0.39, 0.29) is 131 Å². The summed E-state index contributed by atoms with van der Waals surface area (Å²) in [6, 6.07) is 0. The van der Waals surface area contributed by atoms with Crippen molar-refractivity contribution in [3.63, 3.8) is 0 Å². The summed E-state index contributed by atoms with van der Waals surface area (Å²) in [4.78, 5) is 127. The third-order valence-electron chi connectivity index (χ3n) is 17.8. The van der Waals surface area contributed by atoms with Crippen molar-refractivity contribution in [1.82, 2.24) is 25.3 Å². The number of hydrogen-bond donors (Lipinski definition) is 2. The summed E-state index contributed by atoms with van der Waals surface area (Å²) in [5.74, 6) is -0.278. The van der Waals surface area contributed by atoms with Gasteiger partial charge >= 0.3 is 18.1 Å². The maximum Gasteiger partial charge on any atom is 0.421 e. The molecule has 0 fully saturated rings. The summed E-state index contributed by atoms with van der Waals surface area (Å²) in [7, 11) is 3.98. The number of amides is 4. The molecule has 0 rings (SSSR count). The van der Waals surface area contributed by atoms with Crippen LogP contribution in [0, 0.1) is 65.5 Å². The summed E-state index contributed by atoms with van der Waals surface area (Å²) in [6.07, 6.45) is 26.7. The number of carbonyl (C=O) groups is 11. The second kappa shape index (κ2) is 75.0. The van der Waals surface area contributed by atoms with Gasteiger partial charge in [0, 0.05) is 95.6 Å². The van der Waals surface area contributed by atoms with Crippen molar-refractivity contribution in [3.8, 4) is 0 Å². The Morgan fingerprint density at radius 1 is 0.398 bits per heavy atom. The maximum atomic E-state index is 12.0. The Hall–Kier alpha value is -8.20. The number of nitrogens with zero attached hydrogens (tertiary/aromatic N) is 3. The molecule has 0 saturated heterocycles. The molecule has 4 amide bonds. The third kappa shape index (κ3) is 128. The average molecular weight is 1880 g/mol. The van der Waals surface area contributed by atoms with Crippen LogP contribution in [-0.2, 0) is 62.2 Å². The lowest BCUT2D eigenvalue weighted by atomic mass is 9.79. The van der Waals surface area contributed by atoms with Gasteiger partial charge in [0.2, 0.25) is 17.7 Å². The summed E-state index contributed by atoms with van der Waals surface area (Å²) in [6.45, 7) is 115. The molecule has 0 aromatic heterocycles. The standard InChI is InChI=1S/C12H23NO.C12H21NO.C11H21NO.C11H20O.C10H18O2.2C10H18O.C9H14F3NO.C9H17NO.C9H16O2.C9H16O/c1-12(2,3)9-8-11(14)7-6-10-13(4)5;1-6-9-13(11(14)7-2)10-8-12(3,4)5;1-6-10(13)12(7-2)9-8-11(3,4)5;1-9(2)8-10(12)6-7-11(3,4)5;1-6-7-9(11)12-8(2)10(3,4)5;1-6-9(11)7-8(2)10(3,4)5;1-5-6-9(11)7-8-10(2,3)4;1-6(9(10,11)12)7(14)13-5-8(2,3)4;1-7(2)8(11)10-6-9(3,4)5;1-5-6-8(10)11-7-9(2,3)4;1-5-8(10)6-7-9(2,3)4/h6-7H,8-10H2,1-5H3;6-7H,1-2,8-10H2,3-5H3;6H,1,7-9H2,2-5H3;8H,6-7H2,1-5H3;6-8H,1-5H3;6,8H,1,7H2,2-5H3;5-6H,7-8H2,1-4H3;1,5H2,2-4H3,(H,13,14);1,6H2,2-5H3,(H,10,11);5-6H,7H2,1-4H3;5H,1,6-7H2,2-4H3/b7-6+;;;;7-6+;;6-5+;;;6-5+;. The zero-order valence-corrected chi connectivity index (χ0v) is 93.4. The van der Waals surface area contributed by atoms with Crippen molar-refractivity contribution in [2.24, 2.45) is 65.5 Å². The van der Waals surface area contributed by atoms with E-state index in [1.807, 2.05) is 127 Å². The number of ether oxygens (including phenoxy) is 2. The van der Waals surface area contributed by atoms with E-state index < -0.39 is 17.7 Å². The smallest absolute Gasteiger partial charge is 0.421 e. The molecule has 133 heavy (non-hydrogen) atoms. The van der Waals surface area contributed by atoms with Crippen molar-refractivity contribution in [3.05, 3.63) is 148 Å². The van der Waals surface area contributed by atoms with Gasteiger partial charge in [0.1, 0.15) is 11.7 Å². The van der Waals surface area contributed by atoms with Crippen LogP contribution >= 0.6 is 0 Å². The molecule has 0 bridgehead atoms. The number of halogens is 3. The molecular formula is C112H202F3N5O13. The van der Waals surface area contributed by atoms with E-state index >= 15 is 0 Å². The van der Waals surface area contributed by atoms with Crippen LogP contribution in [-0.4, -0.2) is 158 Å². The van der Waals surface area contributed by atoms with E-state index in [0.717, 1.165) is 70.3 Å². The quantitative estimate of drug-likeness (QED) is 0.0346. The first-order valence-corrected chi connectivity index (χ1v) is 46.9. The largest absolute Gasteiger partial charge is 0.462 e. The minimum atomic E-state index is -4.65. The molecule has 0 aliphatic carbocycles. The molecule has 0 spiro atoms. The minimum Gasteiger partial charge on any atom is -0.462 e. The van der Waals surface area contributed by atoms with Gasteiger partial charge in [-0.05, 0) is 216 Å². The lowest BCUT2D eigenvalue weighted by molar-refractivity contribution is -0.147. The highest BCUT2D eigenvalue weighted by molar-refractivity contribution is 5.94. The number of hydrogen-bond acceptors (Lipinski definition) is 14. The number of esters is 2. The molecule has 0 aromatic carbocycles. The van der Waals surface area contributed by atoms with Crippen molar-refractivity contribution < 1.29 is 75.4 Å². The lowest BCUT2D eigenvalue weighted by Gasteiger charge is -2.26. The van der Waals surface area contributed by atoms with Gasteiger partial charge in [0.15, 0.2) is 28.9 Å². The van der Waals surface area contributed by atoms with Crippen LogP contribution in [0.4, 0.5) is 13.2 Å². The predicted octanol–water partition coefficient (Wildman–Crippen LogP) is 28.0. The number of allylic oxidation sites excluding steroid dienone is 9. The predicted molar refractivity (Wildman–Crippen MR) is 563 cm³/mol. The van der Waals surface area contributed by atoms with E-state index in [1.54, 1.807) is 68.2 Å². The van der Waals surface area contributed by atoms with Crippen LogP contribution in [0.1, 0.15) is 361 Å². The highest BCUT2D eigenvalue weighted by atomic mass is 19.4. The van der Waals surface area contributed by atoms with Crippen molar-refractivity contribution in [2.45, 2.75) is 374 Å². The molecule has 18 nitrogen and oxygen atoms in total. The number of carbonyl (C=O) groups excluding carboxylic acids is 11. The molecule has 0 heterocycles. The maximum absolute atomic E-state index is 12.0. The Balaban J connectivity index is -0.000000137. The minimum absolute atomic E-state index is 0.0112. The number of alkyl halides is 3. The van der Waals surface area contributed by atoms with Crippen molar-refractivity contribution in [1.29, 1.82) is 0 Å². The molecule has 0 aliphatic rings. The molecule has 0 saturated carbocycles. The third-order valence-corrected chi connectivity index (χ3v) is 17.8. The molecule has 2 unspecified atom stereocenters. The van der Waals surface area contributed by atoms with Gasteiger partial charge in [-0.3, -0.25) is 43.2 Å². The van der Waals surface area contributed by atoms with Gasteiger partial charge in [-0.1, -0.05) is 311 Å². The van der Waals surface area contributed by atoms with Gasteiger partial charge in [0.25, 0.3) is 5.91 Å². The van der Waals surface area contributed by atoms with Crippen LogP contribution in [0.25, 0.3) is 0 Å². The highest BCUT2D eigenvalue weighted by Gasteiger charge is 2.37. The van der Waals surface area contributed by atoms with E-state index in [4.69, 9.17) is 9.47 Å². The number of likely N-dealkylation sites (N-methyl/N-ethyl adjacent to an activating group) is 2. The van der Waals surface area contributed by atoms with Crippen LogP contribution in [0.15, 0.2) is 148 Å². The SMILES string of the molecule is C/C=C/C(=O)CCC(C)(C)C.C/C=C/C(=O)OC(C)C(C)(C)C.C/C=C/C(=O)OCC(C)(C)C.C=C(C(=O)NCC(C)(C)C)C(F)(F)F.C=C(C)C(=O)NCC(C)(C)C.C=CC(=O)CC(C)C(C)(C)C.C=CC(=O)CCC(C)(C)C.C=CC(=O)N(CC)CCC(C)(C)C.C=CCN(CCC(C)(C)C)C(=O)C=C.CC(C)=CC(=O)CCC(C)(C)C.CN(C)C/C=C/C(=O)CCC(C)(C)C. The molecule has 2 N–H and O–H groups in total. The fourth-order valence-corrected chi connectivity index (χ4v) is 8.07. The zero-order valence-electron chi connectivity index (χ0n) is 93.4. The average Bonchev–Trinajstić information content (AvgIpc) is 0.839. The first-order valence-electron chi connectivity index (χ1n) is 46.9. The fourth-order valence-electron chi connectivity index (χ4n) is 8.07. The molecule has 0 aliphatic heterocycles. The summed E-state index contributed by atoms with van der Waals surface area (Å²) < 4.78 is 45.9. The van der Waals surface area contributed by atoms with Crippen molar-refractivity contribution in [2.75, 3.05) is 66.5 Å². The van der Waals surface area contributed by atoms with Gasteiger partial charge in [-0.15, -0.1) is 6.58 Å². The van der Waals surface area contributed by atoms with Gasteiger partial charge in [-0.2, -0.15) is 13.2 Å². The first-order chi connectivity index (χ1) is 59.4. The highest BCUT2D eigenvalue weighted by Crippen LogP contribution is 2.30. The van der Waals surface area contributed by atoms with Gasteiger partial charge in [-0.25, -0.2) is 9.59 Å². The Bertz CT molecular complexity index is 3500. The van der Waals surface area contributed by atoms with Crippen molar-refractivity contribution >= 4 is 64.5 Å². The monoisotopic (exact) mass is 1880 g/mol. The van der Waals surface area contributed by atoms with Gasteiger partial charge in [0.05, 0.1) is 6.61 Å². The number of nitrogens with one attached hydrogen (secondary N) is 2. The Morgan fingerprint density at radius 2 is 0.737 bits per heavy atom.